The van der Waals surface area contributed by atoms with E-state index in [2.05, 4.69) is 0 Å². The molecule has 5 atom stereocenters. The number of halogens is 2. The third-order valence-corrected chi connectivity index (χ3v) is 10.7. The van der Waals surface area contributed by atoms with Crippen LogP contribution in [0.1, 0.15) is 114 Å². The number of amides is 2. The van der Waals surface area contributed by atoms with E-state index in [1.807, 2.05) is 119 Å². The Morgan fingerprint density at radius 1 is 0.567 bits per heavy atom. The van der Waals surface area contributed by atoms with Crippen molar-refractivity contribution in [1.82, 2.24) is 9.80 Å². The number of hydrogen-bond acceptors (Lipinski definition) is 10. The highest BCUT2D eigenvalue weighted by Crippen LogP contribution is 2.27. The lowest BCUT2D eigenvalue weighted by molar-refractivity contribution is -0.887. The van der Waals surface area contributed by atoms with E-state index in [1.54, 1.807) is 11.8 Å². The van der Waals surface area contributed by atoms with Gasteiger partial charge in [-0.3, -0.25) is 14.4 Å². The molecule has 15 nitrogen and oxygen atoms in total. The molecule has 352 valence electrons. The molecule has 0 aromatic rings. The van der Waals surface area contributed by atoms with Crippen molar-refractivity contribution in [2.45, 2.75) is 155 Å². The number of aliphatic carboxylic acids is 2. The molecular formula is C43H82Cl2N5O10+. The van der Waals surface area contributed by atoms with Crippen molar-refractivity contribution in [2.24, 2.45) is 5.92 Å². The van der Waals surface area contributed by atoms with Gasteiger partial charge in [-0.1, -0.05) is 12.8 Å². The first-order valence-corrected chi connectivity index (χ1v) is 22.0. The molecule has 60 heavy (non-hydrogen) atoms. The lowest BCUT2D eigenvalue weighted by Gasteiger charge is -2.35. The average Bonchev–Trinajstić information content (AvgIpc) is 3.87. The largest absolute Gasteiger partial charge is 0.548 e. The molecule has 2 heterocycles. The topological polar surface area (TPSA) is 173 Å². The summed E-state index contributed by atoms with van der Waals surface area (Å²) in [5.41, 5.74) is -0.834. The molecule has 0 radical (unpaired) electrons. The monoisotopic (exact) mass is 899 g/mol. The molecule has 2 aliphatic heterocycles. The van der Waals surface area contributed by atoms with Gasteiger partial charge in [0.25, 0.3) is 11.8 Å². The molecule has 2 saturated heterocycles. The molecule has 0 unspecified atom stereocenters. The van der Waals surface area contributed by atoms with Crippen LogP contribution in [0.4, 0.5) is 0 Å². The van der Waals surface area contributed by atoms with Gasteiger partial charge in [0.2, 0.25) is 0 Å². The lowest BCUT2D eigenvalue weighted by atomic mass is 10.1. The van der Waals surface area contributed by atoms with Gasteiger partial charge >= 0.3 is 11.9 Å². The van der Waals surface area contributed by atoms with Crippen LogP contribution in [0.25, 0.3) is 0 Å². The Hall–Kier alpha value is -2.72. The molecule has 17 heteroatoms. The minimum absolute atomic E-state index is 0.000000000000000666. The van der Waals surface area contributed by atoms with Crippen molar-refractivity contribution in [3.63, 3.8) is 0 Å². The van der Waals surface area contributed by atoms with Crippen LogP contribution < -0.4 is 10.2 Å². The molecule has 0 N–H and O–H groups in total. The van der Waals surface area contributed by atoms with Crippen molar-refractivity contribution in [3.05, 3.63) is 0 Å². The zero-order chi connectivity index (χ0) is 47.8. The maximum absolute atomic E-state index is 12.6. The number of rotatable bonds is 9. The van der Waals surface area contributed by atoms with Gasteiger partial charge in [0.1, 0.15) is 23.3 Å². The number of alkyl halides is 2. The van der Waals surface area contributed by atoms with Crippen LogP contribution in [-0.4, -0.2) is 182 Å². The van der Waals surface area contributed by atoms with Crippen LogP contribution in [0.15, 0.2) is 0 Å². The number of ether oxygens (including phenoxy) is 2. The molecule has 3 fully saturated rings. The highest BCUT2D eigenvalue weighted by atomic mass is 35.5. The van der Waals surface area contributed by atoms with Crippen LogP contribution >= 0.6 is 23.2 Å². The fourth-order valence-electron chi connectivity index (χ4n) is 5.93. The number of carboxylic acid groups (broad SMARTS) is 2. The first kappa shape index (κ1) is 59.4. The summed E-state index contributed by atoms with van der Waals surface area (Å²) in [4.78, 5) is 72.6. The summed E-state index contributed by atoms with van der Waals surface area (Å²) in [5.74, 6) is -2.30. The Bertz CT molecular complexity index is 1370. The zero-order valence-electron chi connectivity index (χ0n) is 40.3. The molecule has 1 saturated carbocycles. The van der Waals surface area contributed by atoms with E-state index in [4.69, 9.17) is 32.7 Å². The second-order valence-electron chi connectivity index (χ2n) is 20.5. The number of nitrogens with zero attached hydrogens (tertiary/aromatic N) is 5. The van der Waals surface area contributed by atoms with E-state index >= 15 is 0 Å². The van der Waals surface area contributed by atoms with Crippen LogP contribution in [0.2, 0.25) is 0 Å². The Morgan fingerprint density at radius 3 is 1.17 bits per heavy atom. The summed E-state index contributed by atoms with van der Waals surface area (Å²) in [6.07, 6.45) is 7.23. The number of carbonyl (C=O) groups excluding carboxylic acids is 6. The summed E-state index contributed by atoms with van der Waals surface area (Å²) in [7, 11) is 17.2. The molecule has 3 rings (SSSR count). The maximum Gasteiger partial charge on any atom is 0.329 e. The fourth-order valence-corrected chi connectivity index (χ4v) is 5.93. The van der Waals surface area contributed by atoms with E-state index in [-0.39, 0.29) is 52.7 Å². The van der Waals surface area contributed by atoms with E-state index < -0.39 is 35.7 Å². The smallest absolute Gasteiger partial charge is 0.329 e. The van der Waals surface area contributed by atoms with Crippen molar-refractivity contribution < 1.29 is 61.9 Å². The molecule has 0 bridgehead atoms. The van der Waals surface area contributed by atoms with Gasteiger partial charge in [-0.2, -0.15) is 0 Å². The van der Waals surface area contributed by atoms with Crippen LogP contribution in [0.3, 0.4) is 0 Å². The highest BCUT2D eigenvalue weighted by molar-refractivity contribution is 6.40. The molecule has 1 aliphatic carbocycles. The summed E-state index contributed by atoms with van der Waals surface area (Å²) in [5, 5.41) is 21.3. The van der Waals surface area contributed by atoms with Crippen LogP contribution in [0, 0.1) is 5.92 Å². The third kappa shape index (κ3) is 22.9. The summed E-state index contributed by atoms with van der Waals surface area (Å²) in [6, 6.07) is -2.00. The normalized spacial score (nSPS) is 19.9. The van der Waals surface area contributed by atoms with E-state index in [1.165, 1.54) is 17.7 Å². The fraction of sp³-hybridized carbons (Fsp3) is 0.860. The predicted molar refractivity (Wildman–Crippen MR) is 232 cm³/mol. The van der Waals surface area contributed by atoms with E-state index in [0.29, 0.717) is 39.4 Å². The van der Waals surface area contributed by atoms with Crippen molar-refractivity contribution in [1.29, 1.82) is 0 Å². The second kappa shape index (κ2) is 25.4. The summed E-state index contributed by atoms with van der Waals surface area (Å²) >= 11 is 9.53. The Kier molecular flexibility index (Phi) is 25.1. The summed E-state index contributed by atoms with van der Waals surface area (Å²) in [6.45, 7) is 17.8. The first-order chi connectivity index (χ1) is 26.9. The Morgan fingerprint density at radius 2 is 0.883 bits per heavy atom. The molecule has 2 amide bonds. The number of carbonyl (C=O) groups is 6. The molecule has 3 aliphatic rings. The third-order valence-electron chi connectivity index (χ3n) is 10.7. The number of carboxylic acids is 2. The standard InChI is InChI=1S/C15H29N2O3.C11H20N2O3.C10H18O2.C6H13NO2.CH2Cl2/c1-11(17(5,6)7)13(18)16-10-8-9-12(16)14(19)20-15(2,3)4;1-8(13(2,3)4)10(14)12-7-5-6-9(12)11(15)16;1-10(2,3)12-9(11)8-6-4-5-7-8;1-5(6(8)9)7(2,3)4;2-1-3/h11-12H,8-10H2,1-7H3;8-9H,5-7H2,1-4H3;8H,4-7H2,1-3H3;5H,1-4H3;1H2/q+1;;;;/t11-,12-;8-,9-;;5-;/m00.0./s1. The Labute approximate surface area is 372 Å². The molecule has 0 aromatic heterocycles. The van der Waals surface area contributed by atoms with Crippen molar-refractivity contribution in [3.8, 4) is 0 Å². The van der Waals surface area contributed by atoms with Crippen molar-refractivity contribution in [2.75, 3.05) is 81.9 Å². The van der Waals surface area contributed by atoms with Gasteiger partial charge in [-0.15, -0.1) is 23.2 Å². The van der Waals surface area contributed by atoms with E-state index in [9.17, 15) is 39.0 Å². The van der Waals surface area contributed by atoms with E-state index in [0.717, 1.165) is 25.7 Å². The maximum atomic E-state index is 12.6. The van der Waals surface area contributed by atoms with Crippen LogP contribution in [0.5, 0.6) is 0 Å². The molecular weight excluding hydrogens is 817 g/mol. The van der Waals surface area contributed by atoms with Gasteiger partial charge in [0, 0.05) is 13.1 Å². The average molecular weight is 900 g/mol. The predicted octanol–water partition coefficient (Wildman–Crippen LogP) is 3.01. The van der Waals surface area contributed by atoms with Gasteiger partial charge in [-0.05, 0) is 101 Å². The number of likely N-dealkylation sites (N-methyl/N-ethyl adjacent to an activating group) is 3. The molecule has 0 spiro atoms. The second-order valence-corrected chi connectivity index (χ2v) is 21.4. The quantitative estimate of drug-likeness (QED) is 0.190. The minimum atomic E-state index is -1.14. The van der Waals surface area contributed by atoms with Gasteiger partial charge < -0.3 is 52.5 Å². The lowest BCUT2D eigenvalue weighted by Crippen LogP contribution is -2.56. The minimum Gasteiger partial charge on any atom is -0.548 e. The number of likely N-dealkylation sites (tertiary alicyclic amines) is 2. The highest BCUT2D eigenvalue weighted by Gasteiger charge is 2.42. The number of esters is 2. The SMILES string of the molecule is CC(C)(C)OC(=O)C1CCCC1.C[C@@H](C(=O)N1CCC[C@H]1C(=O)OC(C)(C)C)[N+](C)(C)C.C[C@@H](C(=O)N1CCC[C@H]1C(=O)[O-])[N+](C)(C)C.C[C@@H](C(=O)[O-])[N+](C)(C)C.ClCCl. The van der Waals surface area contributed by atoms with Gasteiger partial charge in [-0.25, -0.2) is 4.79 Å². The number of hydrogen-bond donors (Lipinski definition) is 0. The Balaban J connectivity index is 0. The van der Waals surface area contributed by atoms with Crippen LogP contribution in [-0.2, 0) is 38.2 Å². The zero-order valence-corrected chi connectivity index (χ0v) is 41.8. The summed E-state index contributed by atoms with van der Waals surface area (Å²) < 4.78 is 12.2. The molecule has 0 aromatic carbocycles. The number of quaternary nitrogens is 3. The first-order valence-electron chi connectivity index (χ1n) is 21.0. The van der Waals surface area contributed by atoms with Crippen molar-refractivity contribution >= 4 is 58.9 Å². The van der Waals surface area contributed by atoms with Gasteiger partial charge in [0.05, 0.1) is 92.7 Å². The van der Waals surface area contributed by atoms with Gasteiger partial charge in [0.15, 0.2) is 12.1 Å².